The van der Waals surface area contributed by atoms with Crippen LogP contribution in [0.25, 0.3) is 0 Å². The van der Waals surface area contributed by atoms with E-state index in [0.29, 0.717) is 13.2 Å². The van der Waals surface area contributed by atoms with E-state index in [1.54, 1.807) is 12.1 Å². The van der Waals surface area contributed by atoms with Crippen molar-refractivity contribution in [3.63, 3.8) is 0 Å². The zero-order valence-electron chi connectivity index (χ0n) is 14.7. The highest BCUT2D eigenvalue weighted by atomic mass is 32.2. The van der Waals surface area contributed by atoms with Crippen LogP contribution in [0.3, 0.4) is 0 Å². The van der Waals surface area contributed by atoms with Crippen LogP contribution in [-0.4, -0.2) is 31.1 Å². The van der Waals surface area contributed by atoms with Crippen molar-refractivity contribution in [2.45, 2.75) is 24.5 Å². The molecular formula is C19H20F3NO3S. The van der Waals surface area contributed by atoms with Gasteiger partial charge in [-0.15, -0.1) is 11.8 Å². The van der Waals surface area contributed by atoms with Crippen LogP contribution in [-0.2, 0) is 11.3 Å². The number of halogens is 3. The average molecular weight is 399 g/mol. The Bertz CT molecular complexity index is 718. The van der Waals surface area contributed by atoms with E-state index in [1.807, 2.05) is 31.2 Å². The lowest BCUT2D eigenvalue weighted by molar-refractivity contribution is -0.153. The zero-order valence-corrected chi connectivity index (χ0v) is 15.5. The summed E-state index contributed by atoms with van der Waals surface area (Å²) in [5.41, 5.74) is 0.772. The van der Waals surface area contributed by atoms with Gasteiger partial charge in [0.15, 0.2) is 6.61 Å². The van der Waals surface area contributed by atoms with Crippen molar-refractivity contribution in [2.75, 3.05) is 19.0 Å². The van der Waals surface area contributed by atoms with Gasteiger partial charge in [0.1, 0.15) is 11.5 Å². The monoisotopic (exact) mass is 399 g/mol. The van der Waals surface area contributed by atoms with Gasteiger partial charge in [0, 0.05) is 11.4 Å². The molecule has 0 fully saturated rings. The van der Waals surface area contributed by atoms with Crippen molar-refractivity contribution in [1.29, 1.82) is 0 Å². The van der Waals surface area contributed by atoms with Gasteiger partial charge < -0.3 is 14.8 Å². The summed E-state index contributed by atoms with van der Waals surface area (Å²) in [5.74, 6) is 1.05. The average Bonchev–Trinajstić information content (AvgIpc) is 2.64. The van der Waals surface area contributed by atoms with Crippen LogP contribution in [0.15, 0.2) is 53.4 Å². The normalized spacial score (nSPS) is 11.1. The molecule has 0 heterocycles. The molecule has 0 radical (unpaired) electrons. The van der Waals surface area contributed by atoms with E-state index >= 15 is 0 Å². The Hall–Kier alpha value is -2.35. The molecule has 0 spiro atoms. The maximum atomic E-state index is 12.1. The predicted molar refractivity (Wildman–Crippen MR) is 98.2 cm³/mol. The summed E-state index contributed by atoms with van der Waals surface area (Å²) in [6, 6.07) is 13.6. The van der Waals surface area contributed by atoms with Crippen molar-refractivity contribution in [1.82, 2.24) is 5.32 Å². The second-order valence-corrected chi connectivity index (χ2v) is 6.57. The fraction of sp³-hybridized carbons (Fsp3) is 0.316. The Morgan fingerprint density at radius 3 is 2.19 bits per heavy atom. The Kier molecular flexibility index (Phi) is 7.84. The van der Waals surface area contributed by atoms with E-state index in [9.17, 15) is 18.0 Å². The summed E-state index contributed by atoms with van der Waals surface area (Å²) in [6.45, 7) is 1.48. The van der Waals surface area contributed by atoms with E-state index in [-0.39, 0.29) is 17.4 Å². The molecule has 0 saturated heterocycles. The third-order valence-electron chi connectivity index (χ3n) is 3.32. The number of nitrogens with one attached hydrogen (secondary N) is 1. The number of amides is 1. The smallest absolute Gasteiger partial charge is 0.422 e. The van der Waals surface area contributed by atoms with Crippen molar-refractivity contribution in [3.8, 4) is 11.5 Å². The molecule has 0 saturated carbocycles. The molecular weight excluding hydrogens is 379 g/mol. The second kappa shape index (κ2) is 10.1. The maximum Gasteiger partial charge on any atom is 0.422 e. The van der Waals surface area contributed by atoms with Crippen LogP contribution in [0.4, 0.5) is 13.2 Å². The Morgan fingerprint density at radius 2 is 1.59 bits per heavy atom. The number of benzene rings is 2. The summed E-state index contributed by atoms with van der Waals surface area (Å²) in [7, 11) is 0. The van der Waals surface area contributed by atoms with Crippen molar-refractivity contribution < 1.29 is 27.4 Å². The molecule has 27 heavy (non-hydrogen) atoms. The summed E-state index contributed by atoms with van der Waals surface area (Å²) in [6.07, 6.45) is -4.37. The van der Waals surface area contributed by atoms with Crippen LogP contribution in [0.5, 0.6) is 11.5 Å². The van der Waals surface area contributed by atoms with Gasteiger partial charge in [-0.1, -0.05) is 12.1 Å². The number of thioether (sulfide) groups is 1. The first-order valence-electron chi connectivity index (χ1n) is 8.26. The highest BCUT2D eigenvalue weighted by molar-refractivity contribution is 8.00. The second-order valence-electron chi connectivity index (χ2n) is 5.52. The zero-order chi connectivity index (χ0) is 19.7. The Morgan fingerprint density at radius 1 is 1.00 bits per heavy atom. The topological polar surface area (TPSA) is 47.6 Å². The van der Waals surface area contributed by atoms with E-state index in [4.69, 9.17) is 4.74 Å². The molecule has 0 aromatic heterocycles. The third kappa shape index (κ3) is 8.25. The molecule has 0 atom stereocenters. The molecule has 2 aromatic rings. The summed E-state index contributed by atoms with van der Waals surface area (Å²) < 4.78 is 46.3. The van der Waals surface area contributed by atoms with Gasteiger partial charge in [0.25, 0.3) is 0 Å². The van der Waals surface area contributed by atoms with E-state index in [1.165, 1.54) is 23.9 Å². The van der Waals surface area contributed by atoms with Gasteiger partial charge in [0.05, 0.1) is 12.4 Å². The minimum Gasteiger partial charge on any atom is -0.494 e. The van der Waals surface area contributed by atoms with Crippen LogP contribution in [0, 0.1) is 0 Å². The fourth-order valence-electron chi connectivity index (χ4n) is 2.07. The van der Waals surface area contributed by atoms with E-state index in [0.717, 1.165) is 16.2 Å². The van der Waals surface area contributed by atoms with Crippen molar-refractivity contribution >= 4 is 17.7 Å². The molecule has 0 aliphatic rings. The van der Waals surface area contributed by atoms with Crippen LogP contribution in [0.2, 0.25) is 0 Å². The number of carbonyl (C=O) groups is 1. The van der Waals surface area contributed by atoms with Gasteiger partial charge in [0.2, 0.25) is 5.91 Å². The fourth-order valence-corrected chi connectivity index (χ4v) is 2.80. The van der Waals surface area contributed by atoms with Gasteiger partial charge in [-0.25, -0.2) is 0 Å². The molecule has 2 rings (SSSR count). The van der Waals surface area contributed by atoms with Gasteiger partial charge in [-0.2, -0.15) is 13.2 Å². The minimum atomic E-state index is -4.37. The van der Waals surface area contributed by atoms with Crippen LogP contribution in [0.1, 0.15) is 12.5 Å². The molecule has 0 aliphatic heterocycles. The maximum absolute atomic E-state index is 12.1. The minimum absolute atomic E-state index is 0.133. The number of alkyl halides is 3. The van der Waals surface area contributed by atoms with Gasteiger partial charge in [-0.05, 0) is 48.9 Å². The molecule has 1 amide bonds. The number of hydrogen-bond donors (Lipinski definition) is 1. The molecule has 0 unspecified atom stereocenters. The van der Waals surface area contributed by atoms with Gasteiger partial charge in [-0.3, -0.25) is 4.79 Å². The lowest BCUT2D eigenvalue weighted by Gasteiger charge is -2.10. The molecule has 8 heteroatoms. The molecule has 0 bridgehead atoms. The molecule has 1 N–H and O–H groups in total. The Balaban J connectivity index is 1.71. The lowest BCUT2D eigenvalue weighted by Crippen LogP contribution is -2.24. The molecule has 4 nitrogen and oxygen atoms in total. The molecule has 146 valence electrons. The number of hydrogen-bond acceptors (Lipinski definition) is 4. The lowest BCUT2D eigenvalue weighted by atomic mass is 10.2. The highest BCUT2D eigenvalue weighted by Crippen LogP contribution is 2.21. The van der Waals surface area contributed by atoms with Crippen LogP contribution >= 0.6 is 11.8 Å². The summed E-state index contributed by atoms with van der Waals surface area (Å²) in [4.78, 5) is 12.9. The number of ether oxygens (including phenoxy) is 2. The SMILES string of the molecule is CCOc1ccc(SCC(=O)NCc2ccc(OCC(F)(F)F)cc2)cc1. The number of rotatable bonds is 9. The third-order valence-corrected chi connectivity index (χ3v) is 4.33. The highest BCUT2D eigenvalue weighted by Gasteiger charge is 2.28. The quantitative estimate of drug-likeness (QED) is 0.634. The molecule has 2 aromatic carbocycles. The van der Waals surface area contributed by atoms with Crippen molar-refractivity contribution in [3.05, 3.63) is 54.1 Å². The summed E-state index contributed by atoms with van der Waals surface area (Å²) in [5, 5.41) is 2.77. The first kappa shape index (κ1) is 21.0. The summed E-state index contributed by atoms with van der Waals surface area (Å²) >= 11 is 1.41. The first-order chi connectivity index (χ1) is 12.9. The standard InChI is InChI=1S/C19H20F3NO3S/c1-2-25-15-7-9-17(10-8-15)27-12-18(24)23-11-14-3-5-16(6-4-14)26-13-19(20,21)22/h3-10H,2,11-13H2,1H3,(H,23,24). The van der Waals surface area contributed by atoms with Crippen LogP contribution < -0.4 is 14.8 Å². The van der Waals surface area contributed by atoms with Crippen molar-refractivity contribution in [2.24, 2.45) is 0 Å². The van der Waals surface area contributed by atoms with E-state index < -0.39 is 12.8 Å². The first-order valence-corrected chi connectivity index (χ1v) is 9.25. The predicted octanol–water partition coefficient (Wildman–Crippen LogP) is 4.43. The van der Waals surface area contributed by atoms with E-state index in [2.05, 4.69) is 10.1 Å². The van der Waals surface area contributed by atoms with Gasteiger partial charge >= 0.3 is 6.18 Å². The Labute approximate surface area is 160 Å². The molecule has 0 aliphatic carbocycles. The number of carbonyl (C=O) groups excluding carboxylic acids is 1. The largest absolute Gasteiger partial charge is 0.494 e.